The molecule has 0 aliphatic rings. The summed E-state index contributed by atoms with van der Waals surface area (Å²) >= 11 is 2.13. The number of rotatable bonds is 5. The molecule has 0 amide bonds. The molecular formula is C21H15IO3. The first-order valence-corrected chi connectivity index (χ1v) is 8.84. The Morgan fingerprint density at radius 1 is 0.760 bits per heavy atom. The molecule has 0 bridgehead atoms. The van der Waals surface area contributed by atoms with Crippen molar-refractivity contribution in [2.24, 2.45) is 0 Å². The maximum atomic E-state index is 12.9. The van der Waals surface area contributed by atoms with Gasteiger partial charge in [0.15, 0.2) is 6.10 Å². The van der Waals surface area contributed by atoms with E-state index in [-0.39, 0.29) is 5.78 Å². The van der Waals surface area contributed by atoms with Crippen LogP contribution in [0.4, 0.5) is 0 Å². The van der Waals surface area contributed by atoms with Gasteiger partial charge in [0.25, 0.3) is 0 Å². The summed E-state index contributed by atoms with van der Waals surface area (Å²) in [6.07, 6.45) is -0.978. The highest BCUT2D eigenvalue weighted by molar-refractivity contribution is 14.1. The summed E-state index contributed by atoms with van der Waals surface area (Å²) in [4.78, 5) is 25.4. The van der Waals surface area contributed by atoms with E-state index in [1.54, 1.807) is 54.6 Å². The van der Waals surface area contributed by atoms with E-state index < -0.39 is 12.1 Å². The lowest BCUT2D eigenvalue weighted by molar-refractivity contribution is 0.0280. The summed E-state index contributed by atoms with van der Waals surface area (Å²) in [5, 5.41) is 0. The predicted octanol–water partition coefficient (Wildman–Crippen LogP) is 5.07. The number of carbonyl (C=O) groups is 2. The Balaban J connectivity index is 1.92. The second kappa shape index (κ2) is 8.07. The molecule has 0 aliphatic heterocycles. The number of halogens is 1. The lowest BCUT2D eigenvalue weighted by Gasteiger charge is -2.17. The van der Waals surface area contributed by atoms with Crippen LogP contribution in [0.5, 0.6) is 0 Å². The summed E-state index contributed by atoms with van der Waals surface area (Å²) in [6, 6.07) is 25.0. The maximum Gasteiger partial charge on any atom is 0.339 e. The van der Waals surface area contributed by atoms with Gasteiger partial charge in [0.2, 0.25) is 5.78 Å². The molecule has 0 heterocycles. The van der Waals surface area contributed by atoms with Crippen molar-refractivity contribution in [3.05, 3.63) is 105 Å². The Bertz CT molecular complexity index is 876. The van der Waals surface area contributed by atoms with Gasteiger partial charge in [-0.05, 0) is 40.8 Å². The van der Waals surface area contributed by atoms with Crippen LogP contribution >= 0.6 is 22.6 Å². The molecule has 0 saturated heterocycles. The SMILES string of the molecule is O=C(O[C@@H](C(=O)c1ccccc1)c1ccccc1)c1cccc(I)c1. The Morgan fingerprint density at radius 2 is 1.36 bits per heavy atom. The average molecular weight is 442 g/mol. The number of carbonyl (C=O) groups excluding carboxylic acids is 2. The second-order valence-corrected chi connectivity index (χ2v) is 6.68. The number of benzene rings is 3. The van der Waals surface area contributed by atoms with Gasteiger partial charge in [-0.3, -0.25) is 4.79 Å². The number of Topliss-reactive ketones (excluding diaryl/α,β-unsaturated/α-hetero) is 1. The Kier molecular flexibility index (Phi) is 5.60. The summed E-state index contributed by atoms with van der Waals surface area (Å²) in [5.41, 5.74) is 1.58. The predicted molar refractivity (Wildman–Crippen MR) is 105 cm³/mol. The quantitative estimate of drug-likeness (QED) is 0.315. The third kappa shape index (κ3) is 4.33. The minimum atomic E-state index is -0.978. The van der Waals surface area contributed by atoms with Gasteiger partial charge >= 0.3 is 5.97 Å². The molecule has 3 aromatic carbocycles. The highest BCUT2D eigenvalue weighted by Gasteiger charge is 2.26. The molecule has 25 heavy (non-hydrogen) atoms. The molecule has 124 valence electrons. The first kappa shape index (κ1) is 17.4. The van der Waals surface area contributed by atoms with Crippen molar-refractivity contribution in [2.75, 3.05) is 0 Å². The van der Waals surface area contributed by atoms with Gasteiger partial charge in [0, 0.05) is 14.7 Å². The Hall–Kier alpha value is -2.47. The standard InChI is InChI=1S/C21H15IO3/c22-18-13-7-12-17(14-18)21(24)25-20(16-10-5-2-6-11-16)19(23)15-8-3-1-4-9-15/h1-14,20H/t20-/m1/s1. The number of ether oxygens (including phenoxy) is 1. The normalized spacial score (nSPS) is 11.6. The molecule has 0 unspecified atom stereocenters. The van der Waals surface area contributed by atoms with E-state index in [2.05, 4.69) is 22.6 Å². The van der Waals surface area contributed by atoms with E-state index in [1.165, 1.54) is 0 Å². The van der Waals surface area contributed by atoms with Crippen LogP contribution in [0.1, 0.15) is 32.4 Å². The van der Waals surface area contributed by atoms with Crippen molar-refractivity contribution in [3.8, 4) is 0 Å². The molecule has 0 N–H and O–H groups in total. The molecule has 3 nitrogen and oxygen atoms in total. The Labute approximate surface area is 159 Å². The summed E-state index contributed by atoms with van der Waals surface area (Å²) in [5.74, 6) is -0.762. The van der Waals surface area contributed by atoms with Gasteiger partial charge in [-0.25, -0.2) is 4.79 Å². The van der Waals surface area contributed by atoms with Crippen LogP contribution in [0.3, 0.4) is 0 Å². The molecule has 0 fully saturated rings. The Morgan fingerprint density at radius 3 is 2.00 bits per heavy atom. The molecule has 0 aromatic heterocycles. The summed E-state index contributed by atoms with van der Waals surface area (Å²) in [7, 11) is 0. The number of hydrogen-bond acceptors (Lipinski definition) is 3. The van der Waals surface area contributed by atoms with E-state index >= 15 is 0 Å². The van der Waals surface area contributed by atoms with Crippen LogP contribution in [0, 0.1) is 3.57 Å². The van der Waals surface area contributed by atoms with Crippen molar-refractivity contribution in [1.29, 1.82) is 0 Å². The summed E-state index contributed by atoms with van der Waals surface area (Å²) < 4.78 is 6.53. The largest absolute Gasteiger partial charge is 0.445 e. The molecule has 3 aromatic rings. The fraction of sp³-hybridized carbons (Fsp3) is 0.0476. The minimum Gasteiger partial charge on any atom is -0.445 e. The van der Waals surface area contributed by atoms with Crippen molar-refractivity contribution in [1.82, 2.24) is 0 Å². The molecule has 0 radical (unpaired) electrons. The average Bonchev–Trinajstić information content (AvgIpc) is 2.67. The van der Waals surface area contributed by atoms with Crippen LogP contribution < -0.4 is 0 Å². The molecule has 0 saturated carbocycles. The van der Waals surface area contributed by atoms with Crippen LogP contribution in [-0.2, 0) is 4.74 Å². The third-order valence-corrected chi connectivity index (χ3v) is 4.35. The van der Waals surface area contributed by atoms with E-state index in [0.29, 0.717) is 16.7 Å². The molecule has 3 rings (SSSR count). The van der Waals surface area contributed by atoms with Gasteiger partial charge in [-0.15, -0.1) is 0 Å². The van der Waals surface area contributed by atoms with E-state index in [9.17, 15) is 9.59 Å². The zero-order chi connectivity index (χ0) is 17.6. The minimum absolute atomic E-state index is 0.245. The van der Waals surface area contributed by atoms with Crippen LogP contribution in [0.25, 0.3) is 0 Å². The lowest BCUT2D eigenvalue weighted by Crippen LogP contribution is -2.20. The van der Waals surface area contributed by atoms with E-state index in [0.717, 1.165) is 3.57 Å². The molecule has 0 aliphatic carbocycles. The van der Waals surface area contributed by atoms with Crippen LogP contribution in [-0.4, -0.2) is 11.8 Å². The van der Waals surface area contributed by atoms with E-state index in [4.69, 9.17) is 4.74 Å². The van der Waals surface area contributed by atoms with Crippen LogP contribution in [0.2, 0.25) is 0 Å². The monoisotopic (exact) mass is 442 g/mol. The zero-order valence-electron chi connectivity index (χ0n) is 13.3. The van der Waals surface area contributed by atoms with Crippen molar-refractivity contribution in [3.63, 3.8) is 0 Å². The smallest absolute Gasteiger partial charge is 0.339 e. The lowest BCUT2D eigenvalue weighted by atomic mass is 10.00. The molecule has 0 spiro atoms. The van der Waals surface area contributed by atoms with Crippen molar-refractivity contribution in [2.45, 2.75) is 6.10 Å². The highest BCUT2D eigenvalue weighted by atomic mass is 127. The second-order valence-electron chi connectivity index (χ2n) is 5.44. The van der Waals surface area contributed by atoms with Gasteiger partial charge in [0.1, 0.15) is 0 Å². The first-order valence-electron chi connectivity index (χ1n) is 7.76. The van der Waals surface area contributed by atoms with Crippen LogP contribution in [0.15, 0.2) is 84.9 Å². The number of esters is 1. The molecule has 4 heteroatoms. The molecular weight excluding hydrogens is 427 g/mol. The van der Waals surface area contributed by atoms with Gasteiger partial charge in [-0.1, -0.05) is 66.7 Å². The van der Waals surface area contributed by atoms with E-state index in [1.807, 2.05) is 30.3 Å². The third-order valence-electron chi connectivity index (χ3n) is 3.68. The topological polar surface area (TPSA) is 43.4 Å². The molecule has 1 atom stereocenters. The highest BCUT2D eigenvalue weighted by Crippen LogP contribution is 2.24. The van der Waals surface area contributed by atoms with Gasteiger partial charge < -0.3 is 4.74 Å². The van der Waals surface area contributed by atoms with Crippen molar-refractivity contribution >= 4 is 34.3 Å². The summed E-state index contributed by atoms with van der Waals surface area (Å²) in [6.45, 7) is 0. The maximum absolute atomic E-state index is 12.9. The number of ketones is 1. The van der Waals surface area contributed by atoms with Crippen molar-refractivity contribution < 1.29 is 14.3 Å². The first-order chi connectivity index (χ1) is 12.1. The fourth-order valence-corrected chi connectivity index (χ4v) is 2.99. The zero-order valence-corrected chi connectivity index (χ0v) is 15.4. The number of hydrogen-bond donors (Lipinski definition) is 0. The van der Waals surface area contributed by atoms with Gasteiger partial charge in [0.05, 0.1) is 5.56 Å². The van der Waals surface area contributed by atoms with Gasteiger partial charge in [-0.2, -0.15) is 0 Å². The fourth-order valence-electron chi connectivity index (χ4n) is 2.45.